The lowest BCUT2D eigenvalue weighted by Crippen LogP contribution is -2.24. The van der Waals surface area contributed by atoms with Crippen molar-refractivity contribution < 1.29 is 0 Å². The molecule has 4 aromatic rings. The lowest BCUT2D eigenvalue weighted by Gasteiger charge is -2.10. The number of halogens is 1. The van der Waals surface area contributed by atoms with Crippen LogP contribution in [0.3, 0.4) is 0 Å². The minimum atomic E-state index is -0.0905. The maximum atomic E-state index is 12.7. The third-order valence-corrected chi connectivity index (χ3v) is 5.84. The first-order valence-corrected chi connectivity index (χ1v) is 10.7. The van der Waals surface area contributed by atoms with E-state index in [1.165, 1.54) is 4.57 Å². The molecule has 0 saturated heterocycles. The zero-order chi connectivity index (χ0) is 21.8. The summed E-state index contributed by atoms with van der Waals surface area (Å²) in [6.45, 7) is 2.64. The van der Waals surface area contributed by atoms with Gasteiger partial charge in [0.05, 0.1) is 12.2 Å². The van der Waals surface area contributed by atoms with Gasteiger partial charge in [-0.1, -0.05) is 61.7 Å². The summed E-state index contributed by atoms with van der Waals surface area (Å²) in [6, 6.07) is 11.9. The molecule has 0 aliphatic heterocycles. The molecule has 0 radical (unpaired) electrons. The molecule has 0 unspecified atom stereocenters. The molecule has 0 saturated carbocycles. The van der Waals surface area contributed by atoms with Crippen molar-refractivity contribution in [2.24, 2.45) is 7.05 Å². The topological polar surface area (TPSA) is 94.3 Å². The Morgan fingerprint density at radius 2 is 1.94 bits per heavy atom. The first-order valence-electron chi connectivity index (χ1n) is 10.3. The number of hydrogen-bond donors (Lipinski definition) is 1. The molecule has 1 N–H and O–H groups in total. The van der Waals surface area contributed by atoms with Crippen LogP contribution in [-0.2, 0) is 20.0 Å². The second kappa shape index (κ2) is 9.26. The minimum absolute atomic E-state index is 0.0905. The highest BCUT2D eigenvalue weighted by molar-refractivity contribution is 6.30. The largest absolute Gasteiger partial charge is 0.329 e. The van der Waals surface area contributed by atoms with E-state index in [2.05, 4.69) is 32.5 Å². The normalized spacial score (nSPS) is 11.2. The molecule has 0 atom stereocenters. The average molecular weight is 438 g/mol. The third-order valence-electron chi connectivity index (χ3n) is 5.36. The van der Waals surface area contributed by atoms with Gasteiger partial charge in [-0.15, -0.1) is 10.2 Å². The minimum Gasteiger partial charge on any atom is -0.290 e. The van der Waals surface area contributed by atoms with E-state index in [0.29, 0.717) is 23.2 Å². The lowest BCUT2D eigenvalue weighted by molar-refractivity contribution is 0.649. The molecule has 0 fully saturated rings. The van der Waals surface area contributed by atoms with Crippen LogP contribution in [0.4, 0.5) is 0 Å². The summed E-state index contributed by atoms with van der Waals surface area (Å²) in [4.78, 5) is 17.1. The number of nitrogens with one attached hydrogen (secondary N) is 1. The smallest absolute Gasteiger partial charge is 0.290 e. The zero-order valence-electron chi connectivity index (χ0n) is 17.5. The van der Waals surface area contributed by atoms with Crippen LogP contribution in [0.15, 0.2) is 47.4 Å². The van der Waals surface area contributed by atoms with E-state index in [0.717, 1.165) is 48.1 Å². The molecule has 3 heterocycles. The Morgan fingerprint density at radius 1 is 1.13 bits per heavy atom. The van der Waals surface area contributed by atoms with Gasteiger partial charge in [0.2, 0.25) is 5.82 Å². The highest BCUT2D eigenvalue weighted by Gasteiger charge is 2.17. The van der Waals surface area contributed by atoms with Crippen molar-refractivity contribution in [2.45, 2.75) is 39.2 Å². The summed E-state index contributed by atoms with van der Waals surface area (Å²) in [5, 5.41) is 14.7. The number of benzene rings is 1. The highest BCUT2D eigenvalue weighted by atomic mass is 35.5. The third kappa shape index (κ3) is 4.29. The van der Waals surface area contributed by atoms with Crippen LogP contribution in [0, 0.1) is 0 Å². The quantitative estimate of drug-likeness (QED) is 0.422. The Balaban J connectivity index is 1.61. The molecule has 9 heteroatoms. The molecule has 1 aromatic carbocycles. The number of nitrogens with zero attached hydrogens (tertiary/aromatic N) is 6. The van der Waals surface area contributed by atoms with Gasteiger partial charge in [-0.25, -0.2) is 4.79 Å². The van der Waals surface area contributed by atoms with Crippen LogP contribution in [0.1, 0.15) is 37.4 Å². The van der Waals surface area contributed by atoms with Gasteiger partial charge < -0.3 is 0 Å². The number of rotatable bonds is 8. The molecule has 0 spiro atoms. The van der Waals surface area contributed by atoms with Crippen molar-refractivity contribution in [3.63, 3.8) is 0 Å². The molecule has 0 aliphatic carbocycles. The van der Waals surface area contributed by atoms with Crippen LogP contribution in [-0.4, -0.2) is 34.7 Å². The Bertz CT molecular complexity index is 1210. The molecule has 0 amide bonds. The van der Waals surface area contributed by atoms with Crippen LogP contribution in [0.2, 0.25) is 5.15 Å². The fraction of sp³-hybridized carbons (Fsp3) is 0.318. The van der Waals surface area contributed by atoms with Gasteiger partial charge in [0.25, 0.3) is 0 Å². The second-order valence-electron chi connectivity index (χ2n) is 7.45. The summed E-state index contributed by atoms with van der Waals surface area (Å²) >= 11 is 6.45. The second-order valence-corrected chi connectivity index (χ2v) is 7.81. The van der Waals surface area contributed by atoms with E-state index in [1.54, 1.807) is 17.8 Å². The van der Waals surface area contributed by atoms with E-state index in [-0.39, 0.29) is 5.69 Å². The number of imidazole rings is 1. The molecule has 0 bridgehead atoms. The predicted octanol–water partition coefficient (Wildman–Crippen LogP) is 3.86. The molecule has 4 rings (SSSR count). The van der Waals surface area contributed by atoms with Crippen molar-refractivity contribution in [1.29, 1.82) is 0 Å². The molecule has 0 aliphatic rings. The Hall–Kier alpha value is -3.26. The van der Waals surface area contributed by atoms with Gasteiger partial charge in [-0.2, -0.15) is 5.21 Å². The van der Waals surface area contributed by atoms with Crippen LogP contribution < -0.4 is 5.69 Å². The lowest BCUT2D eigenvalue weighted by atomic mass is 10.0. The first kappa shape index (κ1) is 21.0. The Labute approximate surface area is 184 Å². The summed E-state index contributed by atoms with van der Waals surface area (Å²) in [5.41, 5.74) is 4.39. The van der Waals surface area contributed by atoms with E-state index < -0.39 is 0 Å². The molecule has 8 nitrogen and oxygen atoms in total. The molecular weight excluding hydrogens is 414 g/mol. The van der Waals surface area contributed by atoms with Crippen molar-refractivity contribution in [2.75, 3.05) is 0 Å². The fourth-order valence-corrected chi connectivity index (χ4v) is 3.95. The average Bonchev–Trinajstić information content (AvgIpc) is 3.40. The van der Waals surface area contributed by atoms with Crippen LogP contribution >= 0.6 is 11.6 Å². The number of aromatic nitrogens is 7. The van der Waals surface area contributed by atoms with Gasteiger partial charge in [-0.3, -0.25) is 14.1 Å². The van der Waals surface area contributed by atoms with Gasteiger partial charge in [0.15, 0.2) is 0 Å². The number of pyridine rings is 1. The molecular formula is C22H24ClN7O. The maximum absolute atomic E-state index is 12.7. The molecule has 31 heavy (non-hydrogen) atoms. The van der Waals surface area contributed by atoms with Crippen molar-refractivity contribution in [3.05, 3.63) is 69.5 Å². The van der Waals surface area contributed by atoms with E-state index >= 15 is 0 Å². The standard InChI is InChI=1S/C22H24ClN7O/c1-3-4-5-8-18-20(23)29(2)22(31)30(18)14-15-9-11-16(12-10-15)17-7-6-13-24-19(17)21-25-27-28-26-21/h6-7,9-13H,3-5,8,14H2,1-2H3,(H,25,26,27,28). The summed E-state index contributed by atoms with van der Waals surface area (Å²) in [5.74, 6) is 0.446. The van der Waals surface area contributed by atoms with E-state index in [1.807, 2.05) is 36.4 Å². The van der Waals surface area contributed by atoms with Crippen molar-refractivity contribution >= 4 is 11.6 Å². The summed E-state index contributed by atoms with van der Waals surface area (Å²) in [6.07, 6.45) is 5.75. The molecule has 160 valence electrons. The summed E-state index contributed by atoms with van der Waals surface area (Å²) in [7, 11) is 1.72. The predicted molar refractivity (Wildman–Crippen MR) is 120 cm³/mol. The van der Waals surface area contributed by atoms with E-state index in [4.69, 9.17) is 11.6 Å². The highest BCUT2D eigenvalue weighted by Crippen LogP contribution is 2.28. The van der Waals surface area contributed by atoms with Crippen LogP contribution in [0.5, 0.6) is 0 Å². The molecule has 3 aromatic heterocycles. The van der Waals surface area contributed by atoms with Crippen LogP contribution in [0.25, 0.3) is 22.6 Å². The monoisotopic (exact) mass is 437 g/mol. The van der Waals surface area contributed by atoms with Gasteiger partial charge in [0, 0.05) is 18.8 Å². The number of H-pyrrole nitrogens is 1. The maximum Gasteiger partial charge on any atom is 0.329 e. The Morgan fingerprint density at radius 3 is 2.65 bits per heavy atom. The van der Waals surface area contributed by atoms with Crippen molar-refractivity contribution in [1.82, 2.24) is 34.7 Å². The van der Waals surface area contributed by atoms with Gasteiger partial charge in [-0.05, 0) is 35.2 Å². The first-order chi connectivity index (χ1) is 15.1. The number of tetrazole rings is 1. The van der Waals surface area contributed by atoms with Gasteiger partial charge >= 0.3 is 5.69 Å². The fourth-order valence-electron chi connectivity index (χ4n) is 3.68. The number of unbranched alkanes of at least 4 members (excludes halogenated alkanes) is 2. The number of aromatic amines is 1. The zero-order valence-corrected chi connectivity index (χ0v) is 18.3. The van der Waals surface area contributed by atoms with Gasteiger partial charge in [0.1, 0.15) is 10.8 Å². The Kier molecular flexibility index (Phi) is 6.27. The summed E-state index contributed by atoms with van der Waals surface area (Å²) < 4.78 is 3.30. The van der Waals surface area contributed by atoms with E-state index in [9.17, 15) is 4.79 Å². The number of hydrogen-bond acceptors (Lipinski definition) is 5. The van der Waals surface area contributed by atoms with Crippen molar-refractivity contribution in [3.8, 4) is 22.6 Å². The SMILES string of the molecule is CCCCCc1c(Cl)n(C)c(=O)n1Cc1ccc(-c2cccnc2-c2nn[nH]n2)cc1.